The highest BCUT2D eigenvalue weighted by atomic mass is 79.9. The van der Waals surface area contributed by atoms with E-state index in [1.807, 2.05) is 30.0 Å². The van der Waals surface area contributed by atoms with Crippen LogP contribution in [-0.4, -0.2) is 60.3 Å². The summed E-state index contributed by atoms with van der Waals surface area (Å²) in [6.45, 7) is 5.83. The van der Waals surface area contributed by atoms with E-state index in [2.05, 4.69) is 26.1 Å². The molecule has 0 unspecified atom stereocenters. The molecule has 2 N–H and O–H groups in total. The minimum absolute atomic E-state index is 0.0603. The first-order valence-electron chi connectivity index (χ1n) is 6.75. The fraction of sp³-hybridized carbons (Fsp3) is 0.500. The van der Waals surface area contributed by atoms with Gasteiger partial charge in [0.05, 0.1) is 6.61 Å². The molecule has 0 bridgehead atoms. The lowest BCUT2D eigenvalue weighted by Crippen LogP contribution is -2.50. The predicted molar refractivity (Wildman–Crippen MR) is 83.0 cm³/mol. The molecule has 2 rings (SSSR count). The van der Waals surface area contributed by atoms with Crippen LogP contribution in [0.5, 0.6) is 0 Å². The zero-order valence-electron chi connectivity index (χ0n) is 11.6. The molecule has 110 valence electrons. The molecule has 20 heavy (non-hydrogen) atoms. The number of aliphatic hydroxyl groups is 1. The van der Waals surface area contributed by atoms with Crippen LogP contribution in [0.2, 0.25) is 0 Å². The summed E-state index contributed by atoms with van der Waals surface area (Å²) in [5.41, 5.74) is 1.88. The molecule has 1 aliphatic rings. The smallest absolute Gasteiger partial charge is 0.321 e. The van der Waals surface area contributed by atoms with Crippen molar-refractivity contribution >= 4 is 27.6 Å². The first-order chi connectivity index (χ1) is 9.60. The number of β-amino-alcohol motifs (C(OH)–C–C–N with tert-alkyl or cyclic N) is 1. The molecule has 6 heteroatoms. The van der Waals surface area contributed by atoms with Crippen molar-refractivity contribution in [1.29, 1.82) is 0 Å². The molecule has 1 aliphatic heterocycles. The van der Waals surface area contributed by atoms with Crippen LogP contribution in [-0.2, 0) is 0 Å². The lowest BCUT2D eigenvalue weighted by Gasteiger charge is -2.34. The van der Waals surface area contributed by atoms with Crippen LogP contribution < -0.4 is 5.32 Å². The van der Waals surface area contributed by atoms with Crippen molar-refractivity contribution in [2.45, 2.75) is 6.92 Å². The number of aryl methyl sites for hydroxylation is 1. The number of benzene rings is 1. The van der Waals surface area contributed by atoms with Gasteiger partial charge in [-0.3, -0.25) is 4.90 Å². The fourth-order valence-corrected chi connectivity index (χ4v) is 2.60. The molecule has 0 aliphatic carbocycles. The van der Waals surface area contributed by atoms with Gasteiger partial charge >= 0.3 is 6.03 Å². The monoisotopic (exact) mass is 341 g/mol. The second-order valence-electron chi connectivity index (χ2n) is 4.94. The van der Waals surface area contributed by atoms with Crippen molar-refractivity contribution in [2.24, 2.45) is 0 Å². The van der Waals surface area contributed by atoms with E-state index in [1.54, 1.807) is 0 Å². The van der Waals surface area contributed by atoms with Gasteiger partial charge in [-0.1, -0.05) is 22.0 Å². The number of nitrogens with zero attached hydrogens (tertiary/aromatic N) is 2. The Morgan fingerprint density at radius 1 is 1.35 bits per heavy atom. The highest BCUT2D eigenvalue weighted by molar-refractivity contribution is 9.10. The highest BCUT2D eigenvalue weighted by Gasteiger charge is 2.20. The van der Waals surface area contributed by atoms with Crippen molar-refractivity contribution in [3.63, 3.8) is 0 Å². The average Bonchev–Trinajstić information content (AvgIpc) is 2.44. The van der Waals surface area contributed by atoms with Crippen molar-refractivity contribution in [1.82, 2.24) is 9.80 Å². The Hall–Kier alpha value is -1.11. The molecule has 1 heterocycles. The average molecular weight is 342 g/mol. The Morgan fingerprint density at radius 2 is 2.05 bits per heavy atom. The summed E-state index contributed by atoms with van der Waals surface area (Å²) in [4.78, 5) is 16.2. The molecule has 0 atom stereocenters. The number of urea groups is 1. The molecule has 0 saturated carbocycles. The van der Waals surface area contributed by atoms with Crippen LogP contribution in [0, 0.1) is 6.92 Å². The normalized spacial score (nSPS) is 16.2. The van der Waals surface area contributed by atoms with Crippen LogP contribution in [0.15, 0.2) is 22.7 Å². The van der Waals surface area contributed by atoms with E-state index >= 15 is 0 Å². The molecular formula is C14H20BrN3O2. The molecule has 1 fully saturated rings. The van der Waals surface area contributed by atoms with Gasteiger partial charge in [0, 0.05) is 42.9 Å². The van der Waals surface area contributed by atoms with Crippen molar-refractivity contribution < 1.29 is 9.90 Å². The number of amides is 2. The first kappa shape index (κ1) is 15.3. The second-order valence-corrected chi connectivity index (χ2v) is 5.86. The van der Waals surface area contributed by atoms with Crippen molar-refractivity contribution in [3.05, 3.63) is 28.2 Å². The number of halogens is 1. The summed E-state index contributed by atoms with van der Waals surface area (Å²) in [6.07, 6.45) is 0. The van der Waals surface area contributed by atoms with Gasteiger partial charge in [0.25, 0.3) is 0 Å². The van der Waals surface area contributed by atoms with Gasteiger partial charge in [-0.25, -0.2) is 4.79 Å². The van der Waals surface area contributed by atoms with E-state index in [-0.39, 0.29) is 12.6 Å². The van der Waals surface area contributed by atoms with Gasteiger partial charge < -0.3 is 15.3 Å². The number of piperazine rings is 1. The number of aliphatic hydroxyl groups excluding tert-OH is 1. The number of carbonyl (C=O) groups is 1. The first-order valence-corrected chi connectivity index (χ1v) is 7.55. The van der Waals surface area contributed by atoms with E-state index in [9.17, 15) is 4.79 Å². The maximum atomic E-state index is 12.2. The van der Waals surface area contributed by atoms with E-state index in [1.165, 1.54) is 0 Å². The number of hydrogen-bond acceptors (Lipinski definition) is 3. The topological polar surface area (TPSA) is 55.8 Å². The highest BCUT2D eigenvalue weighted by Crippen LogP contribution is 2.21. The molecule has 0 radical (unpaired) electrons. The summed E-state index contributed by atoms with van der Waals surface area (Å²) >= 11 is 3.41. The van der Waals surface area contributed by atoms with Gasteiger partial charge in [-0.15, -0.1) is 0 Å². The van der Waals surface area contributed by atoms with E-state index in [0.29, 0.717) is 19.6 Å². The van der Waals surface area contributed by atoms with Crippen LogP contribution >= 0.6 is 15.9 Å². The summed E-state index contributed by atoms with van der Waals surface area (Å²) in [5, 5.41) is 11.9. The Bertz CT molecular complexity index is 473. The zero-order valence-corrected chi connectivity index (χ0v) is 13.2. The molecule has 0 spiro atoms. The zero-order chi connectivity index (χ0) is 14.5. The van der Waals surface area contributed by atoms with Gasteiger partial charge in [0.15, 0.2) is 0 Å². The third-order valence-corrected chi connectivity index (χ3v) is 4.01. The van der Waals surface area contributed by atoms with Gasteiger partial charge in [-0.2, -0.15) is 0 Å². The maximum Gasteiger partial charge on any atom is 0.321 e. The van der Waals surface area contributed by atoms with Gasteiger partial charge in [0.2, 0.25) is 0 Å². The number of anilines is 1. The van der Waals surface area contributed by atoms with Crippen LogP contribution in [0.4, 0.5) is 10.5 Å². The standard InChI is InChI=1S/C14H20BrN3O2/c1-11-2-3-12(15)10-13(11)16-14(20)18-6-4-17(5-7-18)8-9-19/h2-3,10,19H,4-9H2,1H3,(H,16,20). The fourth-order valence-electron chi connectivity index (χ4n) is 2.24. The molecule has 1 aromatic rings. The van der Waals surface area contributed by atoms with Crippen LogP contribution in [0.25, 0.3) is 0 Å². The predicted octanol–water partition coefficient (Wildman–Crippen LogP) is 1.90. The van der Waals surface area contributed by atoms with E-state index < -0.39 is 0 Å². The second kappa shape index (κ2) is 7.06. The SMILES string of the molecule is Cc1ccc(Br)cc1NC(=O)N1CCN(CCO)CC1. The molecule has 2 amide bonds. The largest absolute Gasteiger partial charge is 0.395 e. The minimum atomic E-state index is -0.0603. The summed E-state index contributed by atoms with van der Waals surface area (Å²) < 4.78 is 0.950. The number of hydrogen-bond donors (Lipinski definition) is 2. The minimum Gasteiger partial charge on any atom is -0.395 e. The molecule has 1 aromatic carbocycles. The number of nitrogens with one attached hydrogen (secondary N) is 1. The Morgan fingerprint density at radius 3 is 2.70 bits per heavy atom. The number of carbonyl (C=O) groups excluding carboxylic acids is 1. The van der Waals surface area contributed by atoms with Crippen molar-refractivity contribution in [2.75, 3.05) is 44.6 Å². The third kappa shape index (κ3) is 3.94. The Balaban J connectivity index is 1.91. The lowest BCUT2D eigenvalue weighted by atomic mass is 10.2. The molecule has 5 nitrogen and oxygen atoms in total. The summed E-state index contributed by atoms with van der Waals surface area (Å²) in [5.74, 6) is 0. The quantitative estimate of drug-likeness (QED) is 0.882. The maximum absolute atomic E-state index is 12.2. The van der Waals surface area contributed by atoms with Gasteiger partial charge in [-0.05, 0) is 24.6 Å². The molecular weight excluding hydrogens is 322 g/mol. The third-order valence-electron chi connectivity index (χ3n) is 3.52. The van der Waals surface area contributed by atoms with E-state index in [0.717, 1.165) is 28.8 Å². The Labute approximate surface area is 127 Å². The summed E-state index contributed by atoms with van der Waals surface area (Å²) in [6, 6.07) is 5.78. The van der Waals surface area contributed by atoms with Gasteiger partial charge in [0.1, 0.15) is 0 Å². The van der Waals surface area contributed by atoms with Crippen molar-refractivity contribution in [3.8, 4) is 0 Å². The van der Waals surface area contributed by atoms with Crippen LogP contribution in [0.3, 0.4) is 0 Å². The summed E-state index contributed by atoms with van der Waals surface area (Å²) in [7, 11) is 0. The van der Waals surface area contributed by atoms with Crippen LogP contribution in [0.1, 0.15) is 5.56 Å². The van der Waals surface area contributed by atoms with E-state index in [4.69, 9.17) is 5.11 Å². The number of rotatable bonds is 3. The molecule has 1 saturated heterocycles. The molecule has 0 aromatic heterocycles. The lowest BCUT2D eigenvalue weighted by molar-refractivity contribution is 0.127. The Kier molecular flexibility index (Phi) is 5.39.